The Morgan fingerprint density at radius 1 is 1.21 bits per heavy atom. The summed E-state index contributed by atoms with van der Waals surface area (Å²) in [4.78, 5) is 15.4. The van der Waals surface area contributed by atoms with Crippen LogP contribution in [0.4, 0.5) is 13.2 Å². The quantitative estimate of drug-likeness (QED) is 0.881. The molecule has 0 aliphatic rings. The summed E-state index contributed by atoms with van der Waals surface area (Å²) >= 11 is 0. The van der Waals surface area contributed by atoms with Crippen molar-refractivity contribution in [2.75, 3.05) is 0 Å². The smallest absolute Gasteiger partial charge is 0.391 e. The molecule has 7 heteroatoms. The van der Waals surface area contributed by atoms with Crippen molar-refractivity contribution in [2.24, 2.45) is 0 Å². The largest absolute Gasteiger partial charge is 0.434 e. The number of halogens is 3. The molecule has 0 radical (unpaired) electrons. The summed E-state index contributed by atoms with van der Waals surface area (Å²) in [5, 5.41) is 12.5. The average Bonchev–Trinajstić information content (AvgIpc) is 2.55. The Morgan fingerprint density at radius 3 is 2.50 bits per heavy atom. The first-order valence-corrected chi connectivity index (χ1v) is 7.34. The number of benzene rings is 1. The molecule has 1 heterocycles. The molecule has 24 heavy (non-hydrogen) atoms. The van der Waals surface area contributed by atoms with Gasteiger partial charge in [-0.2, -0.15) is 13.2 Å². The molecule has 0 saturated heterocycles. The molecule has 1 amide bonds. The Balaban J connectivity index is 2.07. The maximum absolute atomic E-state index is 12.9. The van der Waals surface area contributed by atoms with Crippen molar-refractivity contribution < 1.29 is 23.1 Å². The predicted molar refractivity (Wildman–Crippen MR) is 82.3 cm³/mol. The monoisotopic (exact) mass is 338 g/mol. The zero-order chi connectivity index (χ0) is 17.7. The first-order chi connectivity index (χ1) is 11.3. The minimum Gasteiger partial charge on any atom is -0.391 e. The summed E-state index contributed by atoms with van der Waals surface area (Å²) in [5.41, 5.74) is -0.945. The molecule has 2 N–H and O–H groups in total. The van der Waals surface area contributed by atoms with E-state index in [-0.39, 0.29) is 6.42 Å². The number of aliphatic hydroxyl groups is 1. The van der Waals surface area contributed by atoms with Gasteiger partial charge in [-0.15, -0.1) is 0 Å². The molecule has 2 atom stereocenters. The van der Waals surface area contributed by atoms with Gasteiger partial charge in [0.25, 0.3) is 5.91 Å². The average molecular weight is 338 g/mol. The van der Waals surface area contributed by atoms with E-state index in [0.29, 0.717) is 0 Å². The van der Waals surface area contributed by atoms with Crippen molar-refractivity contribution in [3.8, 4) is 0 Å². The molecule has 128 valence electrons. The molecule has 0 spiro atoms. The SMILES string of the molecule is CC(NC(=O)c1cccnc1C(F)(F)F)C(O)Cc1ccccc1. The second kappa shape index (κ2) is 7.44. The predicted octanol–water partition coefficient (Wildman–Crippen LogP) is 2.82. The highest BCUT2D eigenvalue weighted by molar-refractivity contribution is 5.95. The lowest BCUT2D eigenvalue weighted by Crippen LogP contribution is -2.42. The van der Waals surface area contributed by atoms with E-state index in [0.717, 1.165) is 17.8 Å². The van der Waals surface area contributed by atoms with Crippen molar-refractivity contribution in [3.63, 3.8) is 0 Å². The molecular weight excluding hydrogens is 321 g/mol. The molecule has 2 aromatic rings. The van der Waals surface area contributed by atoms with Gasteiger partial charge in [-0.25, -0.2) is 0 Å². The van der Waals surface area contributed by atoms with Gasteiger partial charge in [0.2, 0.25) is 0 Å². The number of rotatable bonds is 5. The molecule has 1 aromatic heterocycles. The van der Waals surface area contributed by atoms with Crippen molar-refractivity contribution in [3.05, 3.63) is 65.5 Å². The zero-order valence-electron chi connectivity index (χ0n) is 12.9. The van der Waals surface area contributed by atoms with Crippen LogP contribution in [0.5, 0.6) is 0 Å². The highest BCUT2D eigenvalue weighted by atomic mass is 19.4. The van der Waals surface area contributed by atoms with Gasteiger partial charge in [0.1, 0.15) is 0 Å². The first kappa shape index (κ1) is 17.9. The van der Waals surface area contributed by atoms with Gasteiger partial charge >= 0.3 is 6.18 Å². The summed E-state index contributed by atoms with van der Waals surface area (Å²) < 4.78 is 38.7. The number of hydrogen-bond donors (Lipinski definition) is 2. The van der Waals surface area contributed by atoms with E-state index in [2.05, 4.69) is 10.3 Å². The van der Waals surface area contributed by atoms with E-state index in [9.17, 15) is 23.1 Å². The highest BCUT2D eigenvalue weighted by Gasteiger charge is 2.37. The van der Waals surface area contributed by atoms with Crippen molar-refractivity contribution in [2.45, 2.75) is 31.7 Å². The fourth-order valence-electron chi connectivity index (χ4n) is 2.23. The number of carbonyl (C=O) groups is 1. The van der Waals surface area contributed by atoms with E-state index < -0.39 is 35.5 Å². The number of aromatic nitrogens is 1. The number of hydrogen-bond acceptors (Lipinski definition) is 3. The van der Waals surface area contributed by atoms with Crippen LogP contribution in [-0.2, 0) is 12.6 Å². The fourth-order valence-corrected chi connectivity index (χ4v) is 2.23. The third-order valence-electron chi connectivity index (χ3n) is 3.54. The van der Waals surface area contributed by atoms with Crippen LogP contribution in [0.3, 0.4) is 0 Å². The van der Waals surface area contributed by atoms with Crippen LogP contribution in [0.15, 0.2) is 48.7 Å². The normalized spacial score (nSPS) is 14.0. The Bertz CT molecular complexity index is 690. The topological polar surface area (TPSA) is 62.2 Å². The molecule has 4 nitrogen and oxygen atoms in total. The van der Waals surface area contributed by atoms with E-state index in [1.807, 2.05) is 30.3 Å². The van der Waals surface area contributed by atoms with Crippen LogP contribution >= 0.6 is 0 Å². The maximum atomic E-state index is 12.9. The minimum absolute atomic E-state index is 0.279. The van der Waals surface area contributed by atoms with Crippen molar-refractivity contribution in [1.29, 1.82) is 0 Å². The van der Waals surface area contributed by atoms with Gasteiger partial charge < -0.3 is 10.4 Å². The van der Waals surface area contributed by atoms with Crippen LogP contribution in [0.25, 0.3) is 0 Å². The molecule has 0 aliphatic heterocycles. The molecule has 2 rings (SSSR count). The van der Waals surface area contributed by atoms with Crippen LogP contribution in [0.2, 0.25) is 0 Å². The Hall–Kier alpha value is -2.41. The lowest BCUT2D eigenvalue weighted by atomic mass is 10.0. The second-order valence-electron chi connectivity index (χ2n) is 5.42. The zero-order valence-corrected chi connectivity index (χ0v) is 12.9. The van der Waals surface area contributed by atoms with Gasteiger partial charge in [-0.05, 0) is 24.6 Å². The van der Waals surface area contributed by atoms with Crippen LogP contribution in [0, 0.1) is 0 Å². The Morgan fingerprint density at radius 2 is 1.88 bits per heavy atom. The van der Waals surface area contributed by atoms with Gasteiger partial charge in [-0.3, -0.25) is 9.78 Å². The summed E-state index contributed by atoms with van der Waals surface area (Å²) in [5.74, 6) is -0.921. The number of nitrogens with one attached hydrogen (secondary N) is 1. The standard InChI is InChI=1S/C17H17F3N2O2/c1-11(14(23)10-12-6-3-2-4-7-12)22-16(24)13-8-5-9-21-15(13)17(18,19)20/h2-9,11,14,23H,10H2,1H3,(H,22,24). The molecule has 0 bridgehead atoms. The Labute approximate surface area is 137 Å². The molecule has 0 saturated carbocycles. The number of pyridine rings is 1. The summed E-state index contributed by atoms with van der Waals surface area (Å²) in [6.07, 6.45) is -4.39. The second-order valence-corrected chi connectivity index (χ2v) is 5.42. The molecular formula is C17H17F3N2O2. The van der Waals surface area contributed by atoms with Crippen molar-refractivity contribution in [1.82, 2.24) is 10.3 Å². The van der Waals surface area contributed by atoms with Crippen molar-refractivity contribution >= 4 is 5.91 Å². The number of aliphatic hydroxyl groups excluding tert-OH is 1. The number of amides is 1. The fraction of sp³-hybridized carbons (Fsp3) is 0.294. The Kier molecular flexibility index (Phi) is 5.56. The lowest BCUT2D eigenvalue weighted by molar-refractivity contribution is -0.141. The van der Waals surface area contributed by atoms with Crippen LogP contribution in [0.1, 0.15) is 28.5 Å². The third-order valence-corrected chi connectivity index (χ3v) is 3.54. The molecule has 0 fully saturated rings. The molecule has 1 aromatic carbocycles. The first-order valence-electron chi connectivity index (χ1n) is 7.34. The van der Waals surface area contributed by atoms with E-state index in [1.54, 1.807) is 0 Å². The summed E-state index contributed by atoms with van der Waals surface area (Å²) in [7, 11) is 0. The molecule has 0 aliphatic carbocycles. The molecule has 2 unspecified atom stereocenters. The van der Waals surface area contributed by atoms with Crippen LogP contribution in [-0.4, -0.2) is 28.1 Å². The van der Waals surface area contributed by atoms with Gasteiger partial charge in [0.05, 0.1) is 17.7 Å². The third kappa shape index (κ3) is 4.55. The summed E-state index contributed by atoms with van der Waals surface area (Å²) in [6.45, 7) is 1.54. The minimum atomic E-state index is -4.72. The van der Waals surface area contributed by atoms with Gasteiger partial charge in [0.15, 0.2) is 5.69 Å². The maximum Gasteiger partial charge on any atom is 0.434 e. The van der Waals surface area contributed by atoms with E-state index in [4.69, 9.17) is 0 Å². The highest BCUT2D eigenvalue weighted by Crippen LogP contribution is 2.30. The van der Waals surface area contributed by atoms with E-state index in [1.165, 1.54) is 13.0 Å². The number of carbonyl (C=O) groups excluding carboxylic acids is 1. The number of alkyl halides is 3. The lowest BCUT2D eigenvalue weighted by Gasteiger charge is -2.21. The van der Waals surface area contributed by atoms with Gasteiger partial charge in [0, 0.05) is 12.6 Å². The van der Waals surface area contributed by atoms with E-state index >= 15 is 0 Å². The number of nitrogens with zero attached hydrogens (tertiary/aromatic N) is 1. The van der Waals surface area contributed by atoms with Gasteiger partial charge in [-0.1, -0.05) is 30.3 Å². The summed E-state index contributed by atoms with van der Waals surface area (Å²) in [6, 6.07) is 10.7. The van der Waals surface area contributed by atoms with Crippen LogP contribution < -0.4 is 5.32 Å².